The van der Waals surface area contributed by atoms with E-state index in [-0.39, 0.29) is 37.0 Å². The number of nitrogens with two attached hydrogens (primary N) is 1. The monoisotopic (exact) mass is 617 g/mol. The number of fused-ring (bicyclic) bond motifs is 3. The van der Waals surface area contributed by atoms with E-state index in [1.807, 2.05) is 0 Å². The first-order chi connectivity index (χ1) is 20.4. The number of aliphatic hydroxyl groups excluding tert-OH is 1. The van der Waals surface area contributed by atoms with Crippen molar-refractivity contribution in [3.63, 3.8) is 0 Å². The van der Waals surface area contributed by atoms with Crippen LogP contribution in [-0.2, 0) is 39.0 Å². The Bertz CT molecular complexity index is 1800. The van der Waals surface area contributed by atoms with Gasteiger partial charge in [-0.1, -0.05) is 0 Å². The number of nitrogens with zero attached hydrogens (tertiary/aromatic N) is 4. The van der Waals surface area contributed by atoms with E-state index >= 15 is 0 Å². The summed E-state index contributed by atoms with van der Waals surface area (Å²) in [4.78, 5) is 36.5. The average Bonchev–Trinajstić information content (AvgIpc) is 3.51. The number of ether oxygens (including phenoxy) is 3. The maximum absolute atomic E-state index is 13.4. The minimum atomic E-state index is -4.21. The van der Waals surface area contributed by atoms with Crippen molar-refractivity contribution in [1.82, 2.24) is 19.5 Å². The number of hydrogen-bond donors (Lipinski definition) is 2. The number of phosphoric acid groups is 1. The van der Waals surface area contributed by atoms with Crippen molar-refractivity contribution < 1.29 is 46.7 Å². The van der Waals surface area contributed by atoms with Gasteiger partial charge < -0.3 is 29.5 Å². The van der Waals surface area contributed by atoms with Gasteiger partial charge in [0, 0.05) is 17.5 Å². The van der Waals surface area contributed by atoms with E-state index in [2.05, 4.69) is 15.0 Å². The van der Waals surface area contributed by atoms with Gasteiger partial charge in [-0.3, -0.25) is 18.1 Å². The number of phosphoric ester groups is 1. The molecule has 0 aliphatic carbocycles. The number of esters is 1. The topological polar surface area (TPSA) is 210 Å². The Morgan fingerprint density at radius 1 is 1.23 bits per heavy atom. The van der Waals surface area contributed by atoms with E-state index in [0.717, 1.165) is 0 Å². The lowest BCUT2D eigenvalue weighted by atomic mass is 10.1. The summed E-state index contributed by atoms with van der Waals surface area (Å²) in [6, 6.07) is 5.79. The average molecular weight is 618 g/mol. The van der Waals surface area contributed by atoms with Crippen LogP contribution in [0.1, 0.15) is 32.6 Å². The fourth-order valence-corrected chi connectivity index (χ4v) is 6.14. The first-order valence-corrected chi connectivity index (χ1v) is 14.6. The molecule has 228 valence electrons. The number of carbonyl (C=O) groups is 1. The standard InChI is InChI=1S/C26H28N5O11P/c1-26(2,3)41-19(33)10-36-14-4-5-15-13(6-18(32)39-16(15)7-14)8-37-43(35)38-9-17-22(42-43)21(34)25(40-17)31-12-30-20-23(27)28-11-29-24(20)31/h4-7,11-12,17,21-22,25,34H,8-10H2,1-3H3,(H2,27,28,29)/t17-,21-,22-,25-,43?/m1/s1. The summed E-state index contributed by atoms with van der Waals surface area (Å²) in [5, 5.41) is 11.5. The number of aliphatic hydroxyl groups is 1. The minimum absolute atomic E-state index is 0.149. The number of rotatable bonds is 7. The molecule has 17 heteroatoms. The summed E-state index contributed by atoms with van der Waals surface area (Å²) >= 11 is 0. The predicted octanol–water partition coefficient (Wildman–Crippen LogP) is 2.23. The second-order valence-electron chi connectivity index (χ2n) is 10.8. The van der Waals surface area contributed by atoms with Crippen LogP contribution in [0.15, 0.2) is 46.1 Å². The summed E-state index contributed by atoms with van der Waals surface area (Å²) in [6.45, 7) is 4.33. The van der Waals surface area contributed by atoms with Gasteiger partial charge in [0.2, 0.25) is 0 Å². The van der Waals surface area contributed by atoms with Gasteiger partial charge in [-0.05, 0) is 38.5 Å². The predicted molar refractivity (Wildman–Crippen MR) is 147 cm³/mol. The first kappa shape index (κ1) is 29.2. The van der Waals surface area contributed by atoms with Crippen LogP contribution in [0.3, 0.4) is 0 Å². The molecule has 0 spiro atoms. The van der Waals surface area contributed by atoms with Gasteiger partial charge in [0.15, 0.2) is 24.3 Å². The molecular formula is C26H28N5O11P. The molecule has 3 aromatic heterocycles. The quantitative estimate of drug-likeness (QED) is 0.173. The van der Waals surface area contributed by atoms with Crippen LogP contribution in [0.2, 0.25) is 0 Å². The molecule has 5 heterocycles. The van der Waals surface area contributed by atoms with E-state index < -0.39 is 49.6 Å². The molecule has 2 aliphatic heterocycles. The van der Waals surface area contributed by atoms with Crippen LogP contribution < -0.4 is 16.1 Å². The Morgan fingerprint density at radius 3 is 2.84 bits per heavy atom. The van der Waals surface area contributed by atoms with Gasteiger partial charge in [-0.15, -0.1) is 0 Å². The number of carbonyl (C=O) groups excluding carboxylic acids is 1. The Labute approximate surface area is 243 Å². The molecule has 3 N–H and O–H groups in total. The second-order valence-corrected chi connectivity index (χ2v) is 12.5. The molecule has 0 amide bonds. The van der Waals surface area contributed by atoms with Crippen molar-refractivity contribution in [2.45, 2.75) is 57.5 Å². The summed E-state index contributed by atoms with van der Waals surface area (Å²) in [5.41, 5.74) is 5.65. The fourth-order valence-electron chi connectivity index (χ4n) is 4.76. The third-order valence-electron chi connectivity index (χ3n) is 6.57. The Morgan fingerprint density at radius 2 is 2.05 bits per heavy atom. The third kappa shape index (κ3) is 5.98. The normalized spacial score (nSPS) is 25.6. The summed E-state index contributed by atoms with van der Waals surface area (Å²) < 4.78 is 53.4. The smallest absolute Gasteiger partial charge is 0.475 e. The van der Waals surface area contributed by atoms with E-state index in [0.29, 0.717) is 22.1 Å². The van der Waals surface area contributed by atoms with Crippen molar-refractivity contribution in [2.75, 3.05) is 18.9 Å². The highest BCUT2D eigenvalue weighted by molar-refractivity contribution is 7.48. The van der Waals surface area contributed by atoms with Crippen LogP contribution in [0.5, 0.6) is 5.75 Å². The molecular weight excluding hydrogens is 589 g/mol. The number of nitrogen functional groups attached to an aromatic ring is 1. The summed E-state index contributed by atoms with van der Waals surface area (Å²) in [5.74, 6) is -0.128. The molecule has 1 aromatic carbocycles. The van der Waals surface area contributed by atoms with Crippen LogP contribution in [0.4, 0.5) is 5.82 Å². The molecule has 4 aromatic rings. The van der Waals surface area contributed by atoms with Gasteiger partial charge in [0.05, 0.1) is 19.5 Å². The number of aromatic nitrogens is 4. The molecule has 16 nitrogen and oxygen atoms in total. The second kappa shape index (κ2) is 11.0. The van der Waals surface area contributed by atoms with Crippen molar-refractivity contribution in [3.05, 3.63) is 52.9 Å². The van der Waals surface area contributed by atoms with Gasteiger partial charge >= 0.3 is 19.4 Å². The lowest BCUT2D eigenvalue weighted by Gasteiger charge is -2.30. The number of anilines is 1. The molecule has 0 radical (unpaired) electrons. The van der Waals surface area contributed by atoms with Crippen LogP contribution in [-0.4, -0.2) is 67.7 Å². The van der Waals surface area contributed by atoms with Crippen molar-refractivity contribution >= 4 is 41.7 Å². The highest BCUT2D eigenvalue weighted by Crippen LogP contribution is 2.57. The summed E-state index contributed by atoms with van der Waals surface area (Å²) in [6.07, 6.45) is -1.45. The highest BCUT2D eigenvalue weighted by Gasteiger charge is 2.53. The molecule has 2 fully saturated rings. The maximum atomic E-state index is 13.4. The molecule has 2 saturated heterocycles. The largest absolute Gasteiger partial charge is 0.482 e. The third-order valence-corrected chi connectivity index (χ3v) is 7.99. The van der Waals surface area contributed by atoms with Gasteiger partial charge in [-0.25, -0.2) is 29.1 Å². The zero-order valence-corrected chi connectivity index (χ0v) is 24.1. The minimum Gasteiger partial charge on any atom is -0.482 e. The van der Waals surface area contributed by atoms with Gasteiger partial charge in [0.1, 0.15) is 47.1 Å². The van der Waals surface area contributed by atoms with Crippen molar-refractivity contribution in [1.29, 1.82) is 0 Å². The molecule has 2 aliphatic rings. The van der Waals surface area contributed by atoms with Crippen LogP contribution in [0.25, 0.3) is 22.1 Å². The lowest BCUT2D eigenvalue weighted by Crippen LogP contribution is -2.39. The van der Waals surface area contributed by atoms with Crippen LogP contribution in [0, 0.1) is 0 Å². The van der Waals surface area contributed by atoms with Gasteiger partial charge in [0.25, 0.3) is 0 Å². The molecule has 0 bridgehead atoms. The van der Waals surface area contributed by atoms with Crippen LogP contribution >= 0.6 is 7.82 Å². The lowest BCUT2D eigenvalue weighted by molar-refractivity contribution is -0.157. The number of imidazole rings is 1. The Balaban J connectivity index is 1.14. The van der Waals surface area contributed by atoms with Crippen molar-refractivity contribution in [3.8, 4) is 5.75 Å². The zero-order chi connectivity index (χ0) is 30.5. The maximum Gasteiger partial charge on any atom is 0.475 e. The molecule has 1 unspecified atom stereocenters. The van der Waals surface area contributed by atoms with E-state index in [1.165, 1.54) is 29.4 Å². The molecule has 5 atom stereocenters. The Hall–Kier alpha value is -3.92. The fraction of sp³-hybridized carbons (Fsp3) is 0.423. The Kier molecular flexibility index (Phi) is 7.44. The van der Waals surface area contributed by atoms with Gasteiger partial charge in [-0.2, -0.15) is 0 Å². The van der Waals surface area contributed by atoms with Crippen molar-refractivity contribution in [2.24, 2.45) is 0 Å². The number of hydrogen-bond acceptors (Lipinski definition) is 15. The van der Waals surface area contributed by atoms with E-state index in [4.69, 9.17) is 37.9 Å². The van der Waals surface area contributed by atoms with E-state index in [1.54, 1.807) is 32.9 Å². The summed E-state index contributed by atoms with van der Waals surface area (Å²) in [7, 11) is -4.21. The molecule has 6 rings (SSSR count). The number of benzene rings is 1. The molecule has 0 saturated carbocycles. The molecule has 43 heavy (non-hydrogen) atoms. The zero-order valence-electron chi connectivity index (χ0n) is 23.2. The highest BCUT2D eigenvalue weighted by atomic mass is 31.2. The SMILES string of the molecule is CC(C)(C)OC(=O)COc1ccc2c(COP3(=O)OC[C@H]4O[C@@H](n5cnc6c(N)ncnc65)[C@H](O)[C@@H]4O3)cc(=O)oc2c1. The first-order valence-electron chi connectivity index (χ1n) is 13.1. The van der Waals surface area contributed by atoms with E-state index in [9.17, 15) is 19.3 Å².